The molecule has 2 heterocycles. The minimum Gasteiger partial charge on any atom is -0.336 e. The van der Waals surface area contributed by atoms with Gasteiger partial charge in [0, 0.05) is 40.7 Å². The Hall–Kier alpha value is -1.18. The molecule has 7 heteroatoms. The first-order chi connectivity index (χ1) is 16.4. The van der Waals surface area contributed by atoms with Crippen molar-refractivity contribution in [3.8, 4) is 0 Å². The Bertz CT molecular complexity index is 753. The molecule has 0 aromatic carbocycles. The molecule has 2 fully saturated rings. The van der Waals surface area contributed by atoms with E-state index in [-0.39, 0.29) is 58.4 Å². The van der Waals surface area contributed by atoms with Crippen LogP contribution >= 0.6 is 0 Å². The molecule has 7 nitrogen and oxygen atoms in total. The first-order valence-electron chi connectivity index (χ1n) is 14.2. The van der Waals surface area contributed by atoms with E-state index in [1.54, 1.807) is 0 Å². The molecule has 0 aromatic rings. The van der Waals surface area contributed by atoms with Gasteiger partial charge in [-0.2, -0.15) is 4.89 Å². The molecule has 37 heavy (non-hydrogen) atoms. The van der Waals surface area contributed by atoms with Gasteiger partial charge in [0.05, 0.1) is 6.42 Å². The summed E-state index contributed by atoms with van der Waals surface area (Å²) in [4.78, 5) is 39.4. The molecule has 0 radical (unpaired) electrons. The number of hydrogen-bond donors (Lipinski definition) is 2. The molecule has 0 saturated carbocycles. The number of piperidine rings is 2. The average molecular weight is 524 g/mol. The van der Waals surface area contributed by atoms with E-state index >= 15 is 0 Å². The van der Waals surface area contributed by atoms with Crippen LogP contribution in [0.15, 0.2) is 0 Å². The molecule has 2 aliphatic rings. The summed E-state index contributed by atoms with van der Waals surface area (Å²) in [5.41, 5.74) is -0.910. The molecular formula is C30H57N3O4. The van der Waals surface area contributed by atoms with Crippen LogP contribution in [0.4, 0.5) is 0 Å². The van der Waals surface area contributed by atoms with Gasteiger partial charge in [-0.1, -0.05) is 20.8 Å². The van der Waals surface area contributed by atoms with Crippen molar-refractivity contribution in [3.63, 3.8) is 0 Å². The second kappa shape index (κ2) is 10.8. The van der Waals surface area contributed by atoms with E-state index in [2.05, 4.69) is 91.7 Å². The third-order valence-electron chi connectivity index (χ3n) is 7.27. The zero-order valence-corrected chi connectivity index (χ0v) is 26.2. The van der Waals surface area contributed by atoms with Gasteiger partial charge in [0.25, 0.3) is 0 Å². The molecule has 2 rings (SSSR count). The van der Waals surface area contributed by atoms with Crippen molar-refractivity contribution in [1.82, 2.24) is 15.5 Å². The molecule has 2 saturated heterocycles. The summed E-state index contributed by atoms with van der Waals surface area (Å²) < 4.78 is 0. The molecule has 2 aliphatic heterocycles. The summed E-state index contributed by atoms with van der Waals surface area (Å²) in [5.74, 6) is -0.463. The third-order valence-corrected chi connectivity index (χ3v) is 7.27. The number of amides is 1. The molecule has 2 N–H and O–H groups in total. The fourth-order valence-electron chi connectivity index (χ4n) is 7.48. The maximum Gasteiger partial charge on any atom is 0.342 e. The maximum atomic E-state index is 13.9. The van der Waals surface area contributed by atoms with Crippen LogP contribution < -0.4 is 10.6 Å². The highest BCUT2D eigenvalue weighted by atomic mass is 17.2. The highest BCUT2D eigenvalue weighted by Crippen LogP contribution is 2.38. The largest absolute Gasteiger partial charge is 0.342 e. The van der Waals surface area contributed by atoms with Crippen LogP contribution in [0.2, 0.25) is 0 Å². The predicted octanol–water partition coefficient (Wildman–Crippen LogP) is 5.90. The van der Waals surface area contributed by atoms with Gasteiger partial charge in [-0.05, 0) is 107 Å². The smallest absolute Gasteiger partial charge is 0.336 e. The van der Waals surface area contributed by atoms with Gasteiger partial charge in [0.15, 0.2) is 0 Å². The summed E-state index contributed by atoms with van der Waals surface area (Å²) in [6.45, 7) is 27.9. The quantitative estimate of drug-likeness (QED) is 0.304. The van der Waals surface area contributed by atoms with Crippen LogP contribution in [0, 0.1) is 5.41 Å². The molecule has 1 amide bonds. The molecule has 0 unspecified atom stereocenters. The second-order valence-corrected chi connectivity index (χ2v) is 16.2. The van der Waals surface area contributed by atoms with Crippen molar-refractivity contribution < 1.29 is 19.4 Å². The normalized spacial score (nSPS) is 23.9. The van der Waals surface area contributed by atoms with E-state index in [1.165, 1.54) is 0 Å². The van der Waals surface area contributed by atoms with Crippen molar-refractivity contribution >= 4 is 11.9 Å². The SMILES string of the molecule is CC(C)(C)CC(C)(C)OOC(=O)CCC(=O)N(C1CC(C)(C)NC(C)(C)C1)C1CC(C)(C)NC(C)(C)C1. The van der Waals surface area contributed by atoms with Crippen LogP contribution in [0.1, 0.15) is 135 Å². The van der Waals surface area contributed by atoms with Crippen LogP contribution in [0.3, 0.4) is 0 Å². The number of rotatable bonds is 8. The minimum absolute atomic E-state index is 0.0104. The van der Waals surface area contributed by atoms with Gasteiger partial charge in [-0.3, -0.25) is 9.68 Å². The molecule has 0 aliphatic carbocycles. The summed E-state index contributed by atoms with van der Waals surface area (Å²) in [6, 6.07) is 0.206. The van der Waals surface area contributed by atoms with E-state index in [0.717, 1.165) is 32.1 Å². The lowest BCUT2D eigenvalue weighted by atomic mass is 9.75. The molecule has 0 atom stereocenters. The van der Waals surface area contributed by atoms with Crippen LogP contribution in [-0.2, 0) is 19.4 Å². The first kappa shape index (κ1) is 32.0. The summed E-state index contributed by atoms with van der Waals surface area (Å²) in [5, 5.41) is 7.49. The topological polar surface area (TPSA) is 79.9 Å². The number of carbonyl (C=O) groups is 2. The van der Waals surface area contributed by atoms with Gasteiger partial charge in [-0.15, -0.1) is 0 Å². The maximum absolute atomic E-state index is 13.9. The Morgan fingerprint density at radius 1 is 0.730 bits per heavy atom. The van der Waals surface area contributed by atoms with Crippen LogP contribution in [0.5, 0.6) is 0 Å². The van der Waals surface area contributed by atoms with E-state index in [4.69, 9.17) is 9.78 Å². The highest BCUT2D eigenvalue weighted by Gasteiger charge is 2.47. The van der Waals surface area contributed by atoms with E-state index in [9.17, 15) is 9.59 Å². The Morgan fingerprint density at radius 3 is 1.46 bits per heavy atom. The first-order valence-corrected chi connectivity index (χ1v) is 14.2. The predicted molar refractivity (Wildman–Crippen MR) is 150 cm³/mol. The van der Waals surface area contributed by atoms with Gasteiger partial charge >= 0.3 is 5.97 Å². The molecule has 0 spiro atoms. The highest BCUT2D eigenvalue weighted by molar-refractivity contribution is 5.81. The van der Waals surface area contributed by atoms with Crippen LogP contribution in [0.25, 0.3) is 0 Å². The fourth-order valence-corrected chi connectivity index (χ4v) is 7.48. The fraction of sp³-hybridized carbons (Fsp3) is 0.933. The van der Waals surface area contributed by atoms with Crippen LogP contribution in [-0.4, -0.2) is 56.6 Å². The van der Waals surface area contributed by atoms with Gasteiger partial charge in [0.2, 0.25) is 5.91 Å². The molecule has 216 valence electrons. The lowest BCUT2D eigenvalue weighted by Crippen LogP contribution is -2.67. The Balaban J connectivity index is 2.18. The number of hydrogen-bond acceptors (Lipinski definition) is 6. The molecule has 0 bridgehead atoms. The monoisotopic (exact) mass is 523 g/mol. The van der Waals surface area contributed by atoms with Gasteiger partial charge in [-0.25, -0.2) is 4.79 Å². The Labute approximate surface area is 227 Å². The molecule has 0 aromatic heterocycles. The molecular weight excluding hydrogens is 466 g/mol. The number of nitrogens with one attached hydrogen (secondary N) is 2. The number of nitrogens with zero attached hydrogens (tertiary/aromatic N) is 1. The van der Waals surface area contributed by atoms with Crippen molar-refractivity contribution in [2.45, 2.75) is 175 Å². The number of carbonyl (C=O) groups excluding carboxylic acids is 2. The van der Waals surface area contributed by atoms with E-state index < -0.39 is 11.6 Å². The van der Waals surface area contributed by atoms with Gasteiger partial charge in [0.1, 0.15) is 5.60 Å². The Morgan fingerprint density at radius 2 is 1.11 bits per heavy atom. The van der Waals surface area contributed by atoms with Crippen molar-refractivity contribution in [2.75, 3.05) is 0 Å². The second-order valence-electron chi connectivity index (χ2n) is 16.2. The average Bonchev–Trinajstić information content (AvgIpc) is 2.57. The van der Waals surface area contributed by atoms with Crippen molar-refractivity contribution in [2.24, 2.45) is 5.41 Å². The zero-order chi connectivity index (χ0) is 28.7. The zero-order valence-electron chi connectivity index (χ0n) is 26.2. The lowest BCUT2D eigenvalue weighted by molar-refractivity contribution is -0.329. The van der Waals surface area contributed by atoms with Crippen molar-refractivity contribution in [1.29, 1.82) is 0 Å². The summed E-state index contributed by atoms with van der Waals surface area (Å²) in [6.07, 6.45) is 4.38. The van der Waals surface area contributed by atoms with E-state index in [1.807, 2.05) is 13.8 Å². The summed E-state index contributed by atoms with van der Waals surface area (Å²) in [7, 11) is 0. The lowest BCUT2D eigenvalue weighted by Gasteiger charge is -2.55. The van der Waals surface area contributed by atoms with E-state index in [0.29, 0.717) is 0 Å². The third kappa shape index (κ3) is 10.5. The summed E-state index contributed by atoms with van der Waals surface area (Å²) >= 11 is 0. The standard InChI is InChI=1S/C30H57N3O4/c1-25(2,3)20-30(12,13)37-36-24(35)15-14-23(34)33(21-16-26(4,5)31-27(6,7)17-21)22-18-28(8,9)32-29(10,11)19-22/h21-22,31-32H,14-20H2,1-13H3. The minimum atomic E-state index is -0.595. The van der Waals surface area contributed by atoms with Crippen molar-refractivity contribution in [3.05, 3.63) is 0 Å². The van der Waals surface area contributed by atoms with Gasteiger partial charge < -0.3 is 15.5 Å². The Kier molecular flexibility index (Phi) is 9.32.